The molecule has 0 radical (unpaired) electrons. The third-order valence-corrected chi connectivity index (χ3v) is 4.58. The summed E-state index contributed by atoms with van der Waals surface area (Å²) in [6, 6.07) is 10.9. The van der Waals surface area contributed by atoms with Crippen molar-refractivity contribution in [1.82, 2.24) is 20.0 Å². The summed E-state index contributed by atoms with van der Waals surface area (Å²) in [4.78, 5) is 16.9. The average molecular weight is 327 g/mol. The highest BCUT2D eigenvalue weighted by molar-refractivity contribution is 5.93. The highest BCUT2D eigenvalue weighted by atomic mass is 16.1. The molecule has 24 heavy (non-hydrogen) atoms. The van der Waals surface area contributed by atoms with E-state index in [-0.39, 0.29) is 5.91 Å². The van der Waals surface area contributed by atoms with Gasteiger partial charge in [0.05, 0.1) is 11.8 Å². The molecule has 0 bridgehead atoms. The van der Waals surface area contributed by atoms with Crippen molar-refractivity contribution in [3.63, 3.8) is 0 Å². The van der Waals surface area contributed by atoms with E-state index in [1.165, 1.54) is 5.69 Å². The predicted molar refractivity (Wildman–Crippen MR) is 95.2 cm³/mol. The summed E-state index contributed by atoms with van der Waals surface area (Å²) in [5.74, 6) is -0.0575. The van der Waals surface area contributed by atoms with Crippen LogP contribution in [0.1, 0.15) is 17.3 Å². The SMILES string of the molecule is CC(CNC(=O)c1cnn(C)c1)N1CCN(c2ccccc2)CC1. The number of hydrogen-bond donors (Lipinski definition) is 1. The van der Waals surface area contributed by atoms with Gasteiger partial charge < -0.3 is 10.2 Å². The molecule has 1 aromatic heterocycles. The first-order chi connectivity index (χ1) is 11.6. The van der Waals surface area contributed by atoms with E-state index in [0.717, 1.165) is 26.2 Å². The first-order valence-corrected chi connectivity index (χ1v) is 8.44. The van der Waals surface area contributed by atoms with E-state index in [0.29, 0.717) is 18.2 Å². The van der Waals surface area contributed by atoms with E-state index < -0.39 is 0 Å². The molecule has 1 fully saturated rings. The summed E-state index contributed by atoms with van der Waals surface area (Å²) in [5, 5.41) is 7.04. The Morgan fingerprint density at radius 2 is 1.92 bits per heavy atom. The molecule has 0 spiro atoms. The number of carbonyl (C=O) groups excluding carboxylic acids is 1. The number of para-hydroxylation sites is 1. The Hall–Kier alpha value is -2.34. The molecule has 6 nitrogen and oxygen atoms in total. The Balaban J connectivity index is 1.45. The molecular weight excluding hydrogens is 302 g/mol. The number of amides is 1. The van der Waals surface area contributed by atoms with Crippen LogP contribution in [0, 0.1) is 0 Å². The van der Waals surface area contributed by atoms with E-state index >= 15 is 0 Å². The first kappa shape index (κ1) is 16.5. The van der Waals surface area contributed by atoms with Crippen LogP contribution in [0.15, 0.2) is 42.7 Å². The first-order valence-electron chi connectivity index (χ1n) is 8.44. The van der Waals surface area contributed by atoms with Crippen molar-refractivity contribution < 1.29 is 4.79 Å². The molecule has 1 amide bonds. The van der Waals surface area contributed by atoms with Gasteiger partial charge in [-0.2, -0.15) is 5.10 Å². The number of aryl methyl sites for hydroxylation is 1. The number of hydrogen-bond acceptors (Lipinski definition) is 4. The zero-order chi connectivity index (χ0) is 16.9. The van der Waals surface area contributed by atoms with Gasteiger partial charge in [0, 0.05) is 57.7 Å². The van der Waals surface area contributed by atoms with Gasteiger partial charge in [0.2, 0.25) is 0 Å². The standard InChI is InChI=1S/C18H25N5O/c1-15(12-19-18(24)16-13-20-21(2)14-16)22-8-10-23(11-9-22)17-6-4-3-5-7-17/h3-7,13-15H,8-12H2,1-2H3,(H,19,24). The van der Waals surface area contributed by atoms with Crippen molar-refractivity contribution in [1.29, 1.82) is 0 Å². The van der Waals surface area contributed by atoms with Crippen molar-refractivity contribution in [3.8, 4) is 0 Å². The molecule has 1 unspecified atom stereocenters. The van der Waals surface area contributed by atoms with Crippen LogP contribution >= 0.6 is 0 Å². The summed E-state index contributed by atoms with van der Waals surface area (Å²) in [5.41, 5.74) is 1.90. The maximum absolute atomic E-state index is 12.1. The molecule has 6 heteroatoms. The van der Waals surface area contributed by atoms with Gasteiger partial charge in [0.25, 0.3) is 5.91 Å². The number of benzene rings is 1. The molecule has 1 atom stereocenters. The Labute approximate surface area is 143 Å². The minimum absolute atomic E-state index is 0.0575. The topological polar surface area (TPSA) is 53.4 Å². The van der Waals surface area contributed by atoms with Gasteiger partial charge in [-0.3, -0.25) is 14.4 Å². The fourth-order valence-electron chi connectivity index (χ4n) is 3.07. The van der Waals surface area contributed by atoms with Crippen molar-refractivity contribution in [3.05, 3.63) is 48.3 Å². The van der Waals surface area contributed by atoms with Crippen LogP contribution < -0.4 is 10.2 Å². The van der Waals surface area contributed by atoms with E-state index in [1.54, 1.807) is 17.1 Å². The molecule has 1 N–H and O–H groups in total. The lowest BCUT2D eigenvalue weighted by molar-refractivity contribution is 0.0934. The molecule has 1 aliphatic rings. The second-order valence-electron chi connectivity index (χ2n) is 6.32. The minimum Gasteiger partial charge on any atom is -0.369 e. The lowest BCUT2D eigenvalue weighted by atomic mass is 10.2. The Bertz CT molecular complexity index is 661. The lowest BCUT2D eigenvalue weighted by Crippen LogP contribution is -2.52. The van der Waals surface area contributed by atoms with Gasteiger partial charge >= 0.3 is 0 Å². The van der Waals surface area contributed by atoms with E-state index in [2.05, 4.69) is 51.4 Å². The Morgan fingerprint density at radius 3 is 2.54 bits per heavy atom. The Morgan fingerprint density at radius 1 is 1.21 bits per heavy atom. The van der Waals surface area contributed by atoms with Crippen LogP contribution in [0.4, 0.5) is 5.69 Å². The molecule has 3 rings (SSSR count). The van der Waals surface area contributed by atoms with Gasteiger partial charge in [-0.05, 0) is 19.1 Å². The van der Waals surface area contributed by atoms with Gasteiger partial charge in [-0.1, -0.05) is 18.2 Å². The van der Waals surface area contributed by atoms with Crippen LogP contribution in [-0.4, -0.2) is 59.4 Å². The number of anilines is 1. The zero-order valence-electron chi connectivity index (χ0n) is 14.4. The third kappa shape index (κ3) is 3.94. The number of rotatable bonds is 5. The molecule has 128 valence electrons. The monoisotopic (exact) mass is 327 g/mol. The van der Waals surface area contributed by atoms with Crippen molar-refractivity contribution in [2.45, 2.75) is 13.0 Å². The third-order valence-electron chi connectivity index (χ3n) is 4.58. The van der Waals surface area contributed by atoms with Crippen molar-refractivity contribution in [2.24, 2.45) is 7.05 Å². The molecule has 1 saturated heterocycles. The quantitative estimate of drug-likeness (QED) is 0.901. The molecule has 2 aromatic rings. The van der Waals surface area contributed by atoms with Crippen LogP contribution in [-0.2, 0) is 7.05 Å². The van der Waals surface area contributed by atoms with E-state index in [9.17, 15) is 4.79 Å². The minimum atomic E-state index is -0.0575. The summed E-state index contributed by atoms with van der Waals surface area (Å²) in [6.07, 6.45) is 3.33. The molecule has 0 aliphatic carbocycles. The summed E-state index contributed by atoms with van der Waals surface area (Å²) < 4.78 is 1.64. The maximum atomic E-state index is 12.1. The van der Waals surface area contributed by atoms with Gasteiger partial charge in [-0.15, -0.1) is 0 Å². The number of nitrogens with zero attached hydrogens (tertiary/aromatic N) is 4. The average Bonchev–Trinajstić information content (AvgIpc) is 3.07. The largest absolute Gasteiger partial charge is 0.369 e. The van der Waals surface area contributed by atoms with Gasteiger partial charge in [0.15, 0.2) is 0 Å². The van der Waals surface area contributed by atoms with Crippen LogP contribution in [0.25, 0.3) is 0 Å². The highest BCUT2D eigenvalue weighted by Crippen LogP contribution is 2.16. The van der Waals surface area contributed by atoms with Gasteiger partial charge in [0.1, 0.15) is 0 Å². The van der Waals surface area contributed by atoms with Crippen molar-refractivity contribution in [2.75, 3.05) is 37.6 Å². The fourth-order valence-corrected chi connectivity index (χ4v) is 3.07. The molecule has 1 aromatic carbocycles. The molecule has 1 aliphatic heterocycles. The molecule has 2 heterocycles. The molecular formula is C18H25N5O. The number of carbonyl (C=O) groups is 1. The Kier molecular flexibility index (Phi) is 5.15. The predicted octanol–water partition coefficient (Wildman–Crippen LogP) is 1.36. The number of piperazine rings is 1. The van der Waals surface area contributed by atoms with Crippen molar-refractivity contribution >= 4 is 11.6 Å². The van der Waals surface area contributed by atoms with Gasteiger partial charge in [-0.25, -0.2) is 0 Å². The van der Waals surface area contributed by atoms with Crippen LogP contribution in [0.5, 0.6) is 0 Å². The summed E-state index contributed by atoms with van der Waals surface area (Å²) in [6.45, 7) is 6.88. The maximum Gasteiger partial charge on any atom is 0.254 e. The highest BCUT2D eigenvalue weighted by Gasteiger charge is 2.21. The van der Waals surface area contributed by atoms with E-state index in [4.69, 9.17) is 0 Å². The van der Waals surface area contributed by atoms with Crippen LogP contribution in [0.2, 0.25) is 0 Å². The summed E-state index contributed by atoms with van der Waals surface area (Å²) in [7, 11) is 1.81. The molecule has 0 saturated carbocycles. The van der Waals surface area contributed by atoms with Crippen LogP contribution in [0.3, 0.4) is 0 Å². The lowest BCUT2D eigenvalue weighted by Gasteiger charge is -2.39. The number of nitrogens with one attached hydrogen (secondary N) is 1. The second kappa shape index (κ2) is 7.49. The normalized spacial score (nSPS) is 16.8. The van der Waals surface area contributed by atoms with E-state index in [1.807, 2.05) is 13.1 Å². The second-order valence-corrected chi connectivity index (χ2v) is 6.32. The zero-order valence-corrected chi connectivity index (χ0v) is 14.4. The smallest absolute Gasteiger partial charge is 0.254 e. The number of aromatic nitrogens is 2. The fraction of sp³-hybridized carbons (Fsp3) is 0.444. The summed E-state index contributed by atoms with van der Waals surface area (Å²) >= 11 is 0.